The average Bonchev–Trinajstić information content (AvgIpc) is 0.743. The van der Waals surface area contributed by atoms with Crippen molar-refractivity contribution in [3.8, 4) is 28.7 Å². The fourth-order valence-corrected chi connectivity index (χ4v) is 22.9. The van der Waals surface area contributed by atoms with Crippen LogP contribution in [0.5, 0.6) is 28.7 Å². The minimum atomic E-state index is -1.78. The van der Waals surface area contributed by atoms with Gasteiger partial charge in [0.05, 0.1) is 42.1 Å². The molecule has 0 unspecified atom stereocenters. The van der Waals surface area contributed by atoms with E-state index in [1.165, 1.54) is 5.56 Å². The highest BCUT2D eigenvalue weighted by atomic mass is 33.1. The molecule has 2 aliphatic heterocycles. The Morgan fingerprint density at radius 3 is 2.39 bits per heavy atom. The van der Waals surface area contributed by atoms with Crippen molar-refractivity contribution in [2.45, 2.75) is 131 Å². The Morgan fingerprint density at radius 1 is 0.787 bits per heavy atom. The van der Waals surface area contributed by atoms with Gasteiger partial charge in [0.15, 0.2) is 28.8 Å². The summed E-state index contributed by atoms with van der Waals surface area (Å²) in [5.74, 6) is -0.400. The molecule has 6 aromatic carbocycles. The minimum absolute atomic E-state index is 0.000918. The Hall–Kier alpha value is -5.49. The number of phenols is 3. The Morgan fingerprint density at radius 2 is 1.60 bits per heavy atom. The standard InChI is InChI=1S/C74H84N2O9S4/c1-4-45-19-20-46-15-10-17-55-66(39-77)89-88-41-52-34-67(81)74(60-42-87-86-40-50-14-8-9-18-64(50)85-65-33-49(60)22-25-61(65)78,53-35-59-54(63(80)36-53)23-24-58-48(16-11-28-73(58,59)75-2)30-43-12-6-5-7-13-43)72(83)69(52)70(82)51(31-44-27-29-76-38-44)32-47-21-26-62(79)71(84-3)57(47)37-56(45)68(46)55/h5-7,10,12-13,15,17,19-27,29,33,35-36,38,48,50-52,58,60,64,66-67,69-70,75-82H,4,8-9,11,14,16,18,28,30-32,34,37,39-42H2,1-3H3/t48-,50+,51+,52-,58+,60-,64-,66-,67+,69+,70-,73+,74-/m0/s1. The first-order valence-corrected chi connectivity index (χ1v) is 37.1. The van der Waals surface area contributed by atoms with Crippen molar-refractivity contribution in [1.82, 2.24) is 10.3 Å². The smallest absolute Gasteiger partial charge is 0.164 e. The molecule has 0 spiro atoms. The number of aromatic nitrogens is 1. The van der Waals surface area contributed by atoms with Crippen LogP contribution >= 0.6 is 43.2 Å². The molecule has 3 fully saturated rings. The third kappa shape index (κ3) is 11.5. The van der Waals surface area contributed by atoms with Gasteiger partial charge in [-0.05, 0) is 180 Å². The Bertz CT molecular complexity index is 3710. The topological polar surface area (TPSA) is 185 Å². The highest BCUT2D eigenvalue weighted by molar-refractivity contribution is 8.77. The zero-order valence-corrected chi connectivity index (χ0v) is 54.4. The number of aliphatic hydroxyl groups excluding tert-OH is 3. The molecule has 89 heavy (non-hydrogen) atoms. The van der Waals surface area contributed by atoms with Crippen LogP contribution in [0.2, 0.25) is 0 Å². The second kappa shape index (κ2) is 26.6. The zero-order valence-electron chi connectivity index (χ0n) is 51.1. The molecule has 3 heterocycles. The number of ether oxygens (including phenoxy) is 2. The number of rotatable bonds is 10. The normalized spacial score (nSPS) is 29.8. The maximum Gasteiger partial charge on any atom is 0.164 e. The molecular weight excluding hydrogens is 1190 g/mol. The van der Waals surface area contributed by atoms with Gasteiger partial charge in [-0.3, -0.25) is 4.79 Å². The van der Waals surface area contributed by atoms with E-state index in [0.29, 0.717) is 53.4 Å². The van der Waals surface area contributed by atoms with Crippen LogP contribution in [0.4, 0.5) is 0 Å². The van der Waals surface area contributed by atoms with Gasteiger partial charge in [0.25, 0.3) is 0 Å². The van der Waals surface area contributed by atoms with Gasteiger partial charge in [-0.25, -0.2) is 0 Å². The molecule has 468 valence electrons. The first kappa shape index (κ1) is 62.3. The van der Waals surface area contributed by atoms with Crippen LogP contribution in [0, 0.1) is 35.5 Å². The van der Waals surface area contributed by atoms with Crippen LogP contribution in [0.3, 0.4) is 0 Å². The minimum Gasteiger partial charge on any atom is -0.507 e. The van der Waals surface area contributed by atoms with E-state index in [2.05, 4.69) is 90.0 Å². The number of carbonyl (C=O) groups excluding carboxylic acids is 1. The lowest BCUT2D eigenvalue weighted by atomic mass is 9.51. The summed E-state index contributed by atoms with van der Waals surface area (Å²) in [6, 6.07) is 36.2. The van der Waals surface area contributed by atoms with Gasteiger partial charge >= 0.3 is 0 Å². The Kier molecular flexibility index (Phi) is 18.6. The average molecular weight is 1270 g/mol. The number of aromatic amines is 1. The number of aryl methyl sites for hydroxylation is 1. The molecule has 0 saturated heterocycles. The van der Waals surface area contributed by atoms with Crippen molar-refractivity contribution < 1.29 is 44.9 Å². The second-order valence-electron chi connectivity index (χ2n) is 26.1. The molecule has 6 aliphatic rings. The summed E-state index contributed by atoms with van der Waals surface area (Å²) < 4.78 is 13.1. The fraction of sp³-hybridized carbons (Fsp3) is 0.446. The van der Waals surface area contributed by atoms with Crippen molar-refractivity contribution in [3.63, 3.8) is 0 Å². The number of fused-ring (bicyclic) bond motifs is 8. The quantitative estimate of drug-likeness (QED) is 0.0605. The number of nitrogens with one attached hydrogen (secondary N) is 2. The number of H-pyrrole nitrogens is 1. The maximum absolute atomic E-state index is 17.9. The molecule has 1 aromatic heterocycles. The predicted molar refractivity (Wildman–Crippen MR) is 364 cm³/mol. The summed E-state index contributed by atoms with van der Waals surface area (Å²) in [7, 11) is 10.2. The zero-order chi connectivity index (χ0) is 61.6. The van der Waals surface area contributed by atoms with Crippen LogP contribution in [0.25, 0.3) is 16.8 Å². The van der Waals surface area contributed by atoms with Crippen LogP contribution in [0.1, 0.15) is 131 Å². The summed E-state index contributed by atoms with van der Waals surface area (Å²) in [6.07, 6.45) is 15.1. The summed E-state index contributed by atoms with van der Waals surface area (Å²) in [5.41, 5.74) is 7.47. The van der Waals surface area contributed by atoms with Gasteiger partial charge in [-0.15, -0.1) is 0 Å². The first-order valence-electron chi connectivity index (χ1n) is 32.2. The molecule has 2 bridgehead atoms. The van der Waals surface area contributed by atoms with Crippen molar-refractivity contribution in [2.24, 2.45) is 35.5 Å². The summed E-state index contributed by atoms with van der Waals surface area (Å²) in [4.78, 5) is 21.2. The number of methoxy groups -OCH3 is 1. The molecule has 3 saturated carbocycles. The van der Waals surface area contributed by atoms with Crippen molar-refractivity contribution >= 4 is 65.8 Å². The number of benzene rings is 6. The van der Waals surface area contributed by atoms with Gasteiger partial charge in [-0.2, -0.15) is 0 Å². The summed E-state index contributed by atoms with van der Waals surface area (Å²) in [6.45, 7) is 1.99. The second-order valence-corrected chi connectivity index (χ2v) is 31.3. The van der Waals surface area contributed by atoms with E-state index < -0.39 is 52.1 Å². The predicted octanol–water partition coefficient (Wildman–Crippen LogP) is 14.4. The highest BCUT2D eigenvalue weighted by Crippen LogP contribution is 2.60. The monoisotopic (exact) mass is 1270 g/mol. The number of ketones is 1. The van der Waals surface area contributed by atoms with E-state index >= 15 is 4.79 Å². The number of hydrogen-bond acceptors (Lipinski definition) is 14. The lowest BCUT2D eigenvalue weighted by Gasteiger charge is -2.54. The number of Topliss-reactive ketones (excluding diaryl/α,β-unsaturated/α-hetero) is 1. The number of hydrogen-bond donors (Lipinski definition) is 8. The van der Waals surface area contributed by atoms with Gasteiger partial charge in [0.1, 0.15) is 11.9 Å². The Labute approximate surface area is 539 Å². The Balaban J connectivity index is 1.02. The molecule has 13 atom stereocenters. The van der Waals surface area contributed by atoms with Gasteiger partial charge in [-0.1, -0.05) is 154 Å². The maximum atomic E-state index is 17.9. The number of aliphatic hydroxyl groups is 3. The molecule has 7 aromatic rings. The number of phenolic OH excluding ortho intramolecular Hbond substituents is 3. The molecule has 13 rings (SSSR count). The van der Waals surface area contributed by atoms with E-state index in [1.54, 1.807) is 68.5 Å². The van der Waals surface area contributed by atoms with Crippen molar-refractivity contribution in [1.29, 1.82) is 0 Å². The van der Waals surface area contributed by atoms with Crippen molar-refractivity contribution in [2.75, 3.05) is 38.0 Å². The van der Waals surface area contributed by atoms with Crippen LogP contribution < -0.4 is 14.8 Å². The van der Waals surface area contributed by atoms with E-state index in [-0.39, 0.29) is 59.9 Å². The summed E-state index contributed by atoms with van der Waals surface area (Å²) >= 11 is 0. The first-order chi connectivity index (χ1) is 43.4. The lowest BCUT2D eigenvalue weighted by molar-refractivity contribution is -0.150. The SMILES string of the molecule is CCc1ccc2cccc3c2c1Cc1c(ccc(O)c1OC)C[C@@H](Cc1cc[nH]c1)[C@H](O)[C@@H]1C(=O)[C@@](c2cc(O)c4c(c2)[C@@]2(NC)CCC[C@@H](Cc5ccccc5)[C@H]2C=C4)([C@H]2CSSC[C@H]4CCCC[C@@H]4Oc4cc2ccc4O)[C@H](O)C[C@H]1CSS[C@H]3CO. The molecular formula is C74H84N2O9S4. The molecule has 4 aliphatic carbocycles. The van der Waals surface area contributed by atoms with E-state index in [0.717, 1.165) is 119 Å². The molecule has 0 amide bonds. The molecule has 0 radical (unpaired) electrons. The van der Waals surface area contributed by atoms with E-state index in [4.69, 9.17) is 9.47 Å². The van der Waals surface area contributed by atoms with E-state index in [9.17, 15) is 30.6 Å². The number of carbonyl (C=O) groups is 1. The molecule has 11 nitrogen and oxygen atoms in total. The largest absolute Gasteiger partial charge is 0.507 e. The van der Waals surface area contributed by atoms with Crippen molar-refractivity contribution in [3.05, 3.63) is 189 Å². The van der Waals surface area contributed by atoms with Gasteiger partial charge in [0, 0.05) is 70.9 Å². The third-order valence-corrected chi connectivity index (χ3v) is 26.9. The molecule has 8 N–H and O–H groups in total. The van der Waals surface area contributed by atoms with Crippen LogP contribution in [0.15, 0.2) is 128 Å². The van der Waals surface area contributed by atoms with E-state index in [1.807, 2.05) is 49.8 Å². The van der Waals surface area contributed by atoms with Crippen LogP contribution in [-0.2, 0) is 47.9 Å². The van der Waals surface area contributed by atoms with Gasteiger partial charge < -0.3 is 50.4 Å². The third-order valence-electron chi connectivity index (χ3n) is 21.6. The number of aromatic hydroxyl groups is 3. The van der Waals surface area contributed by atoms with Crippen LogP contribution in [-0.4, -0.2) is 97.7 Å². The summed E-state index contributed by atoms with van der Waals surface area (Å²) in [5, 5.41) is 81.8. The lowest BCUT2D eigenvalue weighted by Crippen LogP contribution is -2.63. The highest BCUT2D eigenvalue weighted by Gasteiger charge is 2.62. The fourth-order valence-electron chi connectivity index (χ4n) is 17.1. The van der Waals surface area contributed by atoms with Gasteiger partial charge in [0.2, 0.25) is 0 Å². The molecule has 15 heteroatoms.